The van der Waals surface area contributed by atoms with E-state index in [1.165, 1.54) is 46.6 Å². The van der Waals surface area contributed by atoms with Crippen molar-refractivity contribution in [3.63, 3.8) is 0 Å². The smallest absolute Gasteiger partial charge is 0.407 e. The molecule has 1 saturated carbocycles. The number of amides is 3. The van der Waals surface area contributed by atoms with Gasteiger partial charge in [0.05, 0.1) is 23.7 Å². The number of carbonyl (C=O) groups is 3. The summed E-state index contributed by atoms with van der Waals surface area (Å²) in [6.45, 7) is 23.1. The van der Waals surface area contributed by atoms with Gasteiger partial charge in [-0.3, -0.25) is 9.59 Å². The molecule has 0 spiro atoms. The normalized spacial score (nSPS) is 13.7. The lowest BCUT2D eigenvalue weighted by molar-refractivity contribution is -0.129. The van der Waals surface area contributed by atoms with Gasteiger partial charge in [0.1, 0.15) is 11.4 Å². The third-order valence-electron chi connectivity index (χ3n) is 6.46. The first-order valence-corrected chi connectivity index (χ1v) is 19.8. The molecule has 11 nitrogen and oxygen atoms in total. The number of sulfone groups is 1. The van der Waals surface area contributed by atoms with E-state index in [0.717, 1.165) is 5.92 Å². The Bertz CT molecular complexity index is 1390. The summed E-state index contributed by atoms with van der Waals surface area (Å²) in [6.07, 6.45) is 5.40. The number of nitrogens with zero attached hydrogens (tertiary/aromatic N) is 3. The summed E-state index contributed by atoms with van der Waals surface area (Å²) in [6, 6.07) is 13.4. The molecule has 2 aromatic rings. The van der Waals surface area contributed by atoms with Gasteiger partial charge in [0.25, 0.3) is 5.91 Å². The van der Waals surface area contributed by atoms with Crippen LogP contribution >= 0.6 is 12.6 Å². The fraction of sp³-hybridized carbons (Fsp3) is 0.514. The van der Waals surface area contributed by atoms with E-state index in [-0.39, 0.29) is 60.5 Å². The molecule has 0 atom stereocenters. The van der Waals surface area contributed by atoms with E-state index in [4.69, 9.17) is 4.74 Å². The molecule has 288 valence electrons. The fourth-order valence-corrected chi connectivity index (χ4v) is 5.15. The van der Waals surface area contributed by atoms with Crippen LogP contribution in [0.15, 0.2) is 66.4 Å². The third kappa shape index (κ3) is 21.8. The predicted octanol–water partition coefficient (Wildman–Crippen LogP) is 7.07. The monoisotopic (exact) mass is 753 g/mol. The minimum absolute atomic E-state index is 0.0364. The lowest BCUT2D eigenvalue weighted by atomic mass is 10.1. The molecule has 2 N–H and O–H groups in total. The highest BCUT2D eigenvalue weighted by molar-refractivity contribution is 7.91. The number of thiol groups is 1. The van der Waals surface area contributed by atoms with Crippen LogP contribution in [0.3, 0.4) is 0 Å². The zero-order chi connectivity index (χ0) is 39.6. The van der Waals surface area contributed by atoms with Crippen molar-refractivity contribution < 1.29 is 31.9 Å². The van der Waals surface area contributed by atoms with Gasteiger partial charge in [-0.2, -0.15) is 17.7 Å². The second-order valence-electron chi connectivity index (χ2n) is 11.3. The molecule has 0 unspecified atom stereocenters. The van der Waals surface area contributed by atoms with Gasteiger partial charge < -0.3 is 20.3 Å². The molecule has 2 aliphatic rings. The van der Waals surface area contributed by atoms with Gasteiger partial charge in [-0.1, -0.05) is 46.4 Å². The summed E-state index contributed by atoms with van der Waals surface area (Å²) in [7, 11) is -3.04. The summed E-state index contributed by atoms with van der Waals surface area (Å²) < 4.78 is 40.0. The van der Waals surface area contributed by atoms with Crippen molar-refractivity contribution >= 4 is 52.8 Å². The number of benzene rings is 2. The van der Waals surface area contributed by atoms with Crippen molar-refractivity contribution in [3.8, 4) is 0 Å². The maximum atomic E-state index is 12.4. The van der Waals surface area contributed by atoms with E-state index in [0.29, 0.717) is 17.8 Å². The van der Waals surface area contributed by atoms with Crippen molar-refractivity contribution in [3.05, 3.63) is 78.3 Å². The molecule has 0 radical (unpaired) electrons. The number of carbonyl (C=O) groups excluding carboxylic acids is 3. The topological polar surface area (TPSA) is 137 Å². The van der Waals surface area contributed by atoms with Crippen LogP contribution in [0, 0.1) is 5.82 Å². The van der Waals surface area contributed by atoms with Gasteiger partial charge in [-0.05, 0) is 94.7 Å². The Morgan fingerprint density at radius 2 is 1.49 bits per heavy atom. The van der Waals surface area contributed by atoms with E-state index < -0.39 is 9.84 Å². The molecule has 14 heteroatoms. The van der Waals surface area contributed by atoms with Gasteiger partial charge in [-0.15, -0.1) is 0 Å². The maximum absolute atomic E-state index is 12.4. The average molecular weight is 754 g/mol. The average Bonchev–Trinajstić information content (AvgIpc) is 3.97. The van der Waals surface area contributed by atoms with E-state index in [1.54, 1.807) is 30.5 Å². The van der Waals surface area contributed by atoms with Crippen LogP contribution in [0.5, 0.6) is 0 Å². The van der Waals surface area contributed by atoms with Gasteiger partial charge >= 0.3 is 6.09 Å². The van der Waals surface area contributed by atoms with Gasteiger partial charge in [0, 0.05) is 38.1 Å². The number of rotatable bonds is 8. The highest BCUT2D eigenvalue weighted by Crippen LogP contribution is 2.39. The Morgan fingerprint density at radius 3 is 1.90 bits per heavy atom. The molecule has 1 aliphatic heterocycles. The van der Waals surface area contributed by atoms with Crippen LogP contribution in [0.1, 0.15) is 90.1 Å². The van der Waals surface area contributed by atoms with E-state index in [2.05, 4.69) is 41.7 Å². The standard InChI is InChI=1S/C16H20N4O4S.C9H9F.C7H15NO2.2C2H6.CH4S/c1-3-20(17-2)14-6-4-13(5-7-14)16(22)18-12-15(21)19-8-10-25(23,24)11-9-19;10-9-5-3-8(4-6-9)7-1-2-7;1-5-8-6(9)10-7(2,3)4;3*1-2/h3-7H,1-2,8-12H2,(H,18,22);3-7H,1-2H2;5H2,1-4H3,(H,8,9);2*1-2H3;2H,1H3. The first-order valence-electron chi connectivity index (χ1n) is 17.1. The molecule has 0 aromatic heterocycles. The molecular formula is C37H60FN5O6S2. The first-order chi connectivity index (χ1) is 24.2. The first kappa shape index (κ1) is 49.2. The second-order valence-corrected chi connectivity index (χ2v) is 13.6. The molecule has 0 bridgehead atoms. The van der Waals surface area contributed by atoms with Gasteiger partial charge in [0.2, 0.25) is 5.91 Å². The molecule has 1 aliphatic carbocycles. The van der Waals surface area contributed by atoms with Crippen LogP contribution in [0.4, 0.5) is 14.9 Å². The summed E-state index contributed by atoms with van der Waals surface area (Å²) in [5.74, 6) is -0.156. The summed E-state index contributed by atoms with van der Waals surface area (Å²) >= 11 is 3.53. The Kier molecular flexibility index (Phi) is 25.9. The Balaban J connectivity index is 0. The SMILES string of the molecule is C=CN(N=C)c1ccc(C(=O)NCC(=O)N2CCS(=O)(=O)CC2)cc1.CC.CC.CCNC(=O)OC(C)(C)C.CS.Fc1ccc(C2CC2)cc1. The van der Waals surface area contributed by atoms with Crippen molar-refractivity contribution in [1.82, 2.24) is 15.5 Å². The minimum Gasteiger partial charge on any atom is -0.444 e. The largest absolute Gasteiger partial charge is 0.444 e. The number of alkyl carbamates (subject to hydrolysis) is 1. The Hall–Kier alpha value is -3.91. The number of hydrogen-bond acceptors (Lipinski definition) is 9. The van der Waals surface area contributed by atoms with Crippen molar-refractivity contribution in [2.45, 2.75) is 79.8 Å². The number of ether oxygens (including phenoxy) is 1. The van der Waals surface area contributed by atoms with Crippen molar-refractivity contribution in [2.75, 3.05) is 48.9 Å². The molecular weight excluding hydrogens is 694 g/mol. The highest BCUT2D eigenvalue weighted by atomic mass is 32.2. The van der Waals surface area contributed by atoms with Crippen LogP contribution < -0.4 is 15.6 Å². The van der Waals surface area contributed by atoms with Gasteiger partial charge in [-0.25, -0.2) is 22.6 Å². The van der Waals surface area contributed by atoms with Crippen LogP contribution in [-0.4, -0.2) is 87.5 Å². The predicted molar refractivity (Wildman–Crippen MR) is 212 cm³/mol. The molecule has 51 heavy (non-hydrogen) atoms. The Labute approximate surface area is 311 Å². The number of hydrogen-bond donors (Lipinski definition) is 3. The molecule has 3 amide bonds. The third-order valence-corrected chi connectivity index (χ3v) is 8.06. The number of nitrogens with one attached hydrogen (secondary N) is 2. The van der Waals surface area contributed by atoms with Crippen LogP contribution in [0.25, 0.3) is 0 Å². The van der Waals surface area contributed by atoms with E-state index in [9.17, 15) is 27.2 Å². The highest BCUT2D eigenvalue weighted by Gasteiger charge is 2.25. The zero-order valence-corrected chi connectivity index (χ0v) is 33.6. The molecule has 2 fully saturated rings. The zero-order valence-electron chi connectivity index (χ0n) is 31.9. The van der Waals surface area contributed by atoms with Crippen molar-refractivity contribution in [2.24, 2.45) is 5.10 Å². The summed E-state index contributed by atoms with van der Waals surface area (Å²) in [4.78, 5) is 36.3. The summed E-state index contributed by atoms with van der Waals surface area (Å²) in [5, 5.41) is 10.3. The maximum Gasteiger partial charge on any atom is 0.407 e. The van der Waals surface area contributed by atoms with E-state index in [1.807, 2.05) is 67.5 Å². The lowest BCUT2D eigenvalue weighted by Crippen LogP contribution is -2.47. The van der Waals surface area contributed by atoms with Gasteiger partial charge in [0.15, 0.2) is 9.84 Å². The van der Waals surface area contributed by atoms with E-state index >= 15 is 0 Å². The molecule has 4 rings (SSSR count). The van der Waals surface area contributed by atoms with Crippen LogP contribution in [-0.2, 0) is 19.4 Å². The van der Waals surface area contributed by atoms with Crippen LogP contribution in [0.2, 0.25) is 0 Å². The minimum atomic E-state index is -3.04. The quantitative estimate of drug-likeness (QED) is 0.149. The molecule has 1 saturated heterocycles. The Morgan fingerprint density at radius 1 is 0.980 bits per heavy atom. The lowest BCUT2D eigenvalue weighted by Gasteiger charge is -2.26. The molecule has 2 aromatic carbocycles. The second kappa shape index (κ2) is 26.8. The number of halogens is 1. The molecule has 1 heterocycles. The van der Waals surface area contributed by atoms with Crippen molar-refractivity contribution in [1.29, 1.82) is 0 Å². The number of hydrazone groups is 1. The summed E-state index contributed by atoms with van der Waals surface area (Å²) in [5.41, 5.74) is 2.00. The fourth-order valence-electron chi connectivity index (χ4n) is 3.95. The number of anilines is 1.